The molecule has 1 N–H and O–H groups in total. The van der Waals surface area contributed by atoms with E-state index in [2.05, 4.69) is 9.88 Å². The summed E-state index contributed by atoms with van der Waals surface area (Å²) in [6.45, 7) is 1.51. The van der Waals surface area contributed by atoms with Crippen molar-refractivity contribution in [2.75, 3.05) is 18.0 Å². The second-order valence-electron chi connectivity index (χ2n) is 6.33. The number of carboxylic acid groups (broad SMARTS) is 1. The summed E-state index contributed by atoms with van der Waals surface area (Å²) in [5, 5.41) is 10.6. The molecule has 1 aliphatic heterocycles. The zero-order valence-electron chi connectivity index (χ0n) is 13.5. The van der Waals surface area contributed by atoms with Crippen molar-refractivity contribution in [3.8, 4) is 5.69 Å². The lowest BCUT2D eigenvalue weighted by atomic mass is 10.1. The van der Waals surface area contributed by atoms with Gasteiger partial charge >= 0.3 is 5.97 Å². The first-order valence-electron chi connectivity index (χ1n) is 8.15. The van der Waals surface area contributed by atoms with Gasteiger partial charge in [-0.15, -0.1) is 0 Å². The van der Waals surface area contributed by atoms with Gasteiger partial charge in [0.1, 0.15) is 5.82 Å². The Balaban J connectivity index is 1.76. The van der Waals surface area contributed by atoms with E-state index in [0.717, 1.165) is 35.4 Å². The van der Waals surface area contributed by atoms with Crippen LogP contribution in [-0.4, -0.2) is 38.7 Å². The smallest absolute Gasteiger partial charge is 0.303 e. The fraction of sp³-hybridized carbons (Fsp3) is 0.278. The fourth-order valence-electron chi connectivity index (χ4n) is 3.40. The molecule has 1 atom stereocenters. The Morgan fingerprint density at radius 1 is 1.36 bits per heavy atom. The molecule has 6 nitrogen and oxygen atoms in total. The van der Waals surface area contributed by atoms with E-state index in [0.29, 0.717) is 11.6 Å². The molecule has 0 amide bonds. The number of carbonyl (C=O) groups is 1. The Morgan fingerprint density at radius 3 is 3.00 bits per heavy atom. The zero-order valence-corrected chi connectivity index (χ0v) is 14.2. The van der Waals surface area contributed by atoms with Crippen molar-refractivity contribution < 1.29 is 9.90 Å². The van der Waals surface area contributed by atoms with Gasteiger partial charge in [0.25, 0.3) is 0 Å². The summed E-state index contributed by atoms with van der Waals surface area (Å²) < 4.78 is 1.95. The number of hydrogen-bond donors (Lipinski definition) is 1. The van der Waals surface area contributed by atoms with E-state index in [1.54, 1.807) is 12.5 Å². The molecule has 4 rings (SSSR count). The number of imidazole rings is 1. The molecule has 1 saturated heterocycles. The lowest BCUT2D eigenvalue weighted by Gasteiger charge is -2.20. The van der Waals surface area contributed by atoms with Crippen LogP contribution in [0.3, 0.4) is 0 Å². The maximum Gasteiger partial charge on any atom is 0.303 e. The van der Waals surface area contributed by atoms with Gasteiger partial charge in [-0.2, -0.15) is 0 Å². The molecule has 3 aromatic rings. The van der Waals surface area contributed by atoms with Gasteiger partial charge in [-0.3, -0.25) is 4.79 Å². The summed E-state index contributed by atoms with van der Waals surface area (Å²) in [5.41, 5.74) is 1.80. The maximum atomic E-state index is 11.0. The number of anilines is 1. The predicted molar refractivity (Wildman–Crippen MR) is 96.4 cm³/mol. The molecule has 1 aromatic carbocycles. The molecule has 0 radical (unpaired) electrons. The Labute approximate surface area is 149 Å². The highest BCUT2D eigenvalue weighted by Gasteiger charge is 2.26. The Hall–Kier alpha value is -2.60. The standard InChI is InChI=1S/C18H17ClN4O2/c19-13-1-2-14-15(8-13)21-17(9-16(14)23-6-4-20-11-23)22-5-3-12(10-22)7-18(24)25/h1-2,4,6,8-9,11-12H,3,5,7,10H2,(H,24,25). The normalized spacial score (nSPS) is 17.3. The average molecular weight is 357 g/mol. The van der Waals surface area contributed by atoms with Gasteiger partial charge in [0.15, 0.2) is 0 Å². The number of aliphatic carboxylic acids is 1. The van der Waals surface area contributed by atoms with Gasteiger partial charge < -0.3 is 14.6 Å². The van der Waals surface area contributed by atoms with E-state index in [-0.39, 0.29) is 12.3 Å². The zero-order chi connectivity index (χ0) is 17.4. The van der Waals surface area contributed by atoms with Gasteiger partial charge in [0.05, 0.1) is 17.5 Å². The van der Waals surface area contributed by atoms with Crippen LogP contribution in [0.25, 0.3) is 16.6 Å². The molecule has 1 fully saturated rings. The van der Waals surface area contributed by atoms with Crippen molar-refractivity contribution in [3.63, 3.8) is 0 Å². The average Bonchev–Trinajstić information content (AvgIpc) is 3.24. The maximum absolute atomic E-state index is 11.0. The lowest BCUT2D eigenvalue weighted by molar-refractivity contribution is -0.137. The molecule has 0 aliphatic carbocycles. The van der Waals surface area contributed by atoms with Crippen molar-refractivity contribution in [1.29, 1.82) is 0 Å². The Morgan fingerprint density at radius 2 is 2.24 bits per heavy atom. The molecule has 128 valence electrons. The summed E-state index contributed by atoms with van der Waals surface area (Å²) in [5.74, 6) is 0.251. The van der Waals surface area contributed by atoms with Crippen LogP contribution >= 0.6 is 11.6 Å². The Kier molecular flexibility index (Phi) is 4.05. The minimum Gasteiger partial charge on any atom is -0.481 e. The molecule has 1 unspecified atom stereocenters. The fourth-order valence-corrected chi connectivity index (χ4v) is 3.57. The molecule has 0 bridgehead atoms. The van der Waals surface area contributed by atoms with Crippen molar-refractivity contribution in [1.82, 2.24) is 14.5 Å². The van der Waals surface area contributed by atoms with Crippen molar-refractivity contribution in [2.45, 2.75) is 12.8 Å². The molecule has 7 heteroatoms. The van der Waals surface area contributed by atoms with Crippen LogP contribution in [0, 0.1) is 5.92 Å². The summed E-state index contributed by atoms with van der Waals surface area (Å²) in [6.07, 6.45) is 6.45. The van der Waals surface area contributed by atoms with Crippen LogP contribution < -0.4 is 4.90 Å². The third-order valence-corrected chi connectivity index (χ3v) is 4.83. The number of rotatable bonds is 4. The van der Waals surface area contributed by atoms with Crippen molar-refractivity contribution in [2.24, 2.45) is 5.92 Å². The van der Waals surface area contributed by atoms with Gasteiger partial charge in [0.2, 0.25) is 0 Å². The third kappa shape index (κ3) is 3.17. The molecule has 25 heavy (non-hydrogen) atoms. The monoisotopic (exact) mass is 356 g/mol. The van der Waals surface area contributed by atoms with Crippen LogP contribution in [0.2, 0.25) is 5.02 Å². The quantitative estimate of drug-likeness (QED) is 0.776. The minimum absolute atomic E-state index is 0.158. The van der Waals surface area contributed by atoms with Gasteiger partial charge in [0, 0.05) is 48.4 Å². The highest BCUT2D eigenvalue weighted by Crippen LogP contribution is 2.31. The minimum atomic E-state index is -0.746. The topological polar surface area (TPSA) is 71.2 Å². The second-order valence-corrected chi connectivity index (χ2v) is 6.77. The first-order chi connectivity index (χ1) is 12.1. The number of aromatic nitrogens is 3. The van der Waals surface area contributed by atoms with Crippen LogP contribution in [0.1, 0.15) is 12.8 Å². The van der Waals surface area contributed by atoms with E-state index in [1.165, 1.54) is 0 Å². The van der Waals surface area contributed by atoms with Gasteiger partial charge in [-0.25, -0.2) is 9.97 Å². The summed E-state index contributed by atoms with van der Waals surface area (Å²) in [4.78, 5) is 22.0. The number of hydrogen-bond acceptors (Lipinski definition) is 4. The van der Waals surface area contributed by atoms with Crippen LogP contribution in [0.5, 0.6) is 0 Å². The summed E-state index contributed by atoms with van der Waals surface area (Å²) >= 11 is 6.15. The highest BCUT2D eigenvalue weighted by atomic mass is 35.5. The first-order valence-corrected chi connectivity index (χ1v) is 8.53. The number of halogens is 1. The van der Waals surface area contributed by atoms with E-state index in [1.807, 2.05) is 35.0 Å². The van der Waals surface area contributed by atoms with E-state index >= 15 is 0 Å². The number of fused-ring (bicyclic) bond motifs is 1. The molecular weight excluding hydrogens is 340 g/mol. The molecule has 0 saturated carbocycles. The van der Waals surface area contributed by atoms with Crippen molar-refractivity contribution >= 4 is 34.3 Å². The third-order valence-electron chi connectivity index (χ3n) is 4.59. The van der Waals surface area contributed by atoms with Crippen molar-refractivity contribution in [3.05, 3.63) is 48.0 Å². The van der Waals surface area contributed by atoms with Crippen LogP contribution in [0.15, 0.2) is 43.0 Å². The predicted octanol–water partition coefficient (Wildman–Crippen LogP) is 3.37. The van der Waals surface area contributed by atoms with Gasteiger partial charge in [-0.05, 0) is 30.5 Å². The molecular formula is C18H17ClN4O2. The number of carboxylic acids is 1. The van der Waals surface area contributed by atoms with E-state index in [4.69, 9.17) is 21.7 Å². The SMILES string of the molecule is O=C(O)CC1CCN(c2cc(-n3ccnc3)c3ccc(Cl)cc3n2)C1. The van der Waals surface area contributed by atoms with E-state index < -0.39 is 5.97 Å². The number of nitrogens with zero attached hydrogens (tertiary/aromatic N) is 4. The molecule has 3 heterocycles. The molecule has 1 aliphatic rings. The number of pyridine rings is 1. The number of benzene rings is 1. The van der Waals surface area contributed by atoms with E-state index in [9.17, 15) is 4.79 Å². The second kappa shape index (κ2) is 6.37. The van der Waals surface area contributed by atoms with Crippen LogP contribution in [0.4, 0.5) is 5.82 Å². The first kappa shape index (κ1) is 15.9. The Bertz CT molecular complexity index is 926. The summed E-state index contributed by atoms with van der Waals surface area (Å²) in [6, 6.07) is 7.69. The summed E-state index contributed by atoms with van der Waals surface area (Å²) in [7, 11) is 0. The highest BCUT2D eigenvalue weighted by molar-refractivity contribution is 6.31. The van der Waals surface area contributed by atoms with Gasteiger partial charge in [-0.1, -0.05) is 11.6 Å². The lowest BCUT2D eigenvalue weighted by Crippen LogP contribution is -2.22. The van der Waals surface area contributed by atoms with Crippen LogP contribution in [-0.2, 0) is 4.79 Å². The largest absolute Gasteiger partial charge is 0.481 e. The molecule has 0 spiro atoms. The molecule has 2 aromatic heterocycles.